The van der Waals surface area contributed by atoms with E-state index >= 15 is 0 Å². The second kappa shape index (κ2) is 8.36. The van der Waals surface area contributed by atoms with Crippen LogP contribution in [0.1, 0.15) is 37.7 Å². The summed E-state index contributed by atoms with van der Waals surface area (Å²) >= 11 is 0. The summed E-state index contributed by atoms with van der Waals surface area (Å²) in [6.45, 7) is 0. The van der Waals surface area contributed by atoms with Crippen molar-refractivity contribution in [3.8, 4) is 17.3 Å². The third-order valence-electron chi connectivity index (χ3n) is 5.33. The molecule has 1 saturated carbocycles. The highest BCUT2D eigenvalue weighted by atomic mass is 16.2. The molecular formula is C21H25N5O2. The molecule has 0 bridgehead atoms. The molecule has 0 aliphatic heterocycles. The van der Waals surface area contributed by atoms with E-state index in [0.717, 1.165) is 30.4 Å². The van der Waals surface area contributed by atoms with Crippen LogP contribution < -0.4 is 16.6 Å². The van der Waals surface area contributed by atoms with Crippen LogP contribution in [0.5, 0.6) is 0 Å². The minimum Gasteiger partial charge on any atom is -0.338 e. The first-order valence-corrected chi connectivity index (χ1v) is 9.53. The number of hydrogen-bond acceptors (Lipinski definition) is 5. The van der Waals surface area contributed by atoms with E-state index in [4.69, 9.17) is 5.73 Å². The normalized spacial score (nSPS) is 16.8. The number of aromatic nitrogens is 2. The topological polar surface area (TPSA) is 114 Å². The van der Waals surface area contributed by atoms with E-state index in [1.807, 2.05) is 24.3 Å². The van der Waals surface area contributed by atoms with Gasteiger partial charge in [-0.2, -0.15) is 5.26 Å². The molecule has 1 aliphatic rings. The number of amides is 1. The molecule has 0 radical (unpaired) electrons. The Labute approximate surface area is 164 Å². The summed E-state index contributed by atoms with van der Waals surface area (Å²) in [6, 6.07) is 9.12. The van der Waals surface area contributed by atoms with E-state index in [9.17, 15) is 14.9 Å². The van der Waals surface area contributed by atoms with Crippen molar-refractivity contribution in [3.05, 3.63) is 52.6 Å². The monoisotopic (exact) mass is 379 g/mol. The summed E-state index contributed by atoms with van der Waals surface area (Å²) in [6.07, 6.45) is 7.70. The van der Waals surface area contributed by atoms with Crippen molar-refractivity contribution in [1.29, 1.82) is 5.26 Å². The van der Waals surface area contributed by atoms with Gasteiger partial charge < -0.3 is 15.6 Å². The van der Waals surface area contributed by atoms with Crippen molar-refractivity contribution in [2.75, 3.05) is 0 Å². The summed E-state index contributed by atoms with van der Waals surface area (Å²) < 4.78 is 1.48. The van der Waals surface area contributed by atoms with Gasteiger partial charge in [0.25, 0.3) is 5.56 Å². The Kier molecular flexibility index (Phi) is 5.90. The molecule has 1 heterocycles. The van der Waals surface area contributed by atoms with Crippen molar-refractivity contribution in [3.63, 3.8) is 0 Å². The van der Waals surface area contributed by atoms with E-state index in [0.29, 0.717) is 25.0 Å². The fourth-order valence-corrected chi connectivity index (χ4v) is 3.53. The highest BCUT2D eigenvalue weighted by Gasteiger charge is 2.36. The average molecular weight is 379 g/mol. The summed E-state index contributed by atoms with van der Waals surface area (Å²) in [4.78, 5) is 28.2. The third-order valence-corrected chi connectivity index (χ3v) is 5.33. The highest BCUT2D eigenvalue weighted by Crippen LogP contribution is 2.26. The Morgan fingerprint density at radius 3 is 2.61 bits per heavy atom. The maximum atomic E-state index is 12.6. The Balaban J connectivity index is 1.66. The predicted octanol–water partition coefficient (Wildman–Crippen LogP) is 1.66. The number of hydrogen-bond donors (Lipinski definition) is 2. The van der Waals surface area contributed by atoms with Crippen molar-refractivity contribution < 1.29 is 4.79 Å². The molecule has 1 aromatic heterocycles. The molecule has 1 aromatic carbocycles. The van der Waals surface area contributed by atoms with E-state index in [2.05, 4.69) is 16.4 Å². The number of carbonyl (C=O) groups excluding carboxylic acids is 1. The van der Waals surface area contributed by atoms with E-state index in [1.54, 1.807) is 13.2 Å². The fraction of sp³-hybridized carbons (Fsp3) is 0.429. The standard InChI is InChI=1S/C21H25N5O2/c1-26-14-18(24-13-19(26)27)16-7-5-15(6-8-16)11-17(12-22)25-20(28)21(23)9-3-2-4-10-21/h5-8,13-14,17H,2-4,9-11,23H2,1H3,(H,25,28). The van der Waals surface area contributed by atoms with E-state index in [1.165, 1.54) is 10.8 Å². The molecule has 0 spiro atoms. The molecule has 0 saturated heterocycles. The van der Waals surface area contributed by atoms with Crippen LogP contribution >= 0.6 is 0 Å². The van der Waals surface area contributed by atoms with Gasteiger partial charge in [0.2, 0.25) is 5.91 Å². The highest BCUT2D eigenvalue weighted by molar-refractivity contribution is 5.86. The van der Waals surface area contributed by atoms with Crippen LogP contribution in [-0.4, -0.2) is 27.0 Å². The molecule has 1 atom stereocenters. The molecule has 7 heteroatoms. The van der Waals surface area contributed by atoms with Crippen LogP contribution in [0, 0.1) is 11.3 Å². The van der Waals surface area contributed by atoms with Gasteiger partial charge in [0.1, 0.15) is 6.04 Å². The number of nitrogens with zero attached hydrogens (tertiary/aromatic N) is 3. The molecule has 1 aliphatic carbocycles. The molecule has 146 valence electrons. The van der Waals surface area contributed by atoms with Gasteiger partial charge in [0, 0.05) is 25.2 Å². The smallest absolute Gasteiger partial charge is 0.268 e. The molecule has 3 rings (SSSR count). The molecule has 7 nitrogen and oxygen atoms in total. The fourth-order valence-electron chi connectivity index (χ4n) is 3.53. The molecule has 3 N–H and O–H groups in total. The van der Waals surface area contributed by atoms with Crippen LogP contribution in [-0.2, 0) is 18.3 Å². The summed E-state index contributed by atoms with van der Waals surface area (Å²) in [7, 11) is 1.68. The first-order valence-electron chi connectivity index (χ1n) is 9.53. The zero-order valence-corrected chi connectivity index (χ0v) is 16.0. The van der Waals surface area contributed by atoms with Gasteiger partial charge in [-0.25, -0.2) is 4.98 Å². The molecule has 28 heavy (non-hydrogen) atoms. The molecule has 1 fully saturated rings. The Bertz CT molecular complexity index is 937. The number of nitrogens with two attached hydrogens (primary N) is 1. The third kappa shape index (κ3) is 4.46. The number of benzene rings is 1. The zero-order valence-electron chi connectivity index (χ0n) is 16.0. The Hall–Kier alpha value is -2.98. The maximum Gasteiger partial charge on any atom is 0.268 e. The van der Waals surface area contributed by atoms with Crippen molar-refractivity contribution >= 4 is 5.91 Å². The lowest BCUT2D eigenvalue weighted by atomic mass is 9.81. The molecule has 1 amide bonds. The van der Waals surface area contributed by atoms with Gasteiger partial charge in [0.15, 0.2) is 0 Å². The second-order valence-corrected chi connectivity index (χ2v) is 7.49. The summed E-state index contributed by atoms with van der Waals surface area (Å²) in [5, 5.41) is 12.3. The molecule has 2 aromatic rings. The van der Waals surface area contributed by atoms with Crippen LogP contribution in [0.15, 0.2) is 41.5 Å². The lowest BCUT2D eigenvalue weighted by molar-refractivity contribution is -0.127. The van der Waals surface area contributed by atoms with Crippen LogP contribution in [0.2, 0.25) is 0 Å². The Morgan fingerprint density at radius 1 is 1.32 bits per heavy atom. The first kappa shape index (κ1) is 19.8. The van der Waals surface area contributed by atoms with Crippen molar-refractivity contribution in [1.82, 2.24) is 14.9 Å². The number of carbonyl (C=O) groups is 1. The van der Waals surface area contributed by atoms with Gasteiger partial charge in [-0.1, -0.05) is 43.5 Å². The quantitative estimate of drug-likeness (QED) is 0.820. The summed E-state index contributed by atoms with van der Waals surface area (Å²) in [5.74, 6) is -0.232. The SMILES string of the molecule is Cn1cc(-c2ccc(CC(C#N)NC(=O)C3(N)CCCCC3)cc2)ncc1=O. The number of nitriles is 1. The number of aryl methyl sites for hydroxylation is 1. The van der Waals surface area contributed by atoms with Crippen LogP contribution in [0.25, 0.3) is 11.3 Å². The number of rotatable bonds is 5. The minimum atomic E-state index is -0.855. The van der Waals surface area contributed by atoms with Gasteiger partial charge >= 0.3 is 0 Å². The zero-order chi connectivity index (χ0) is 20.1. The van der Waals surface area contributed by atoms with Gasteiger partial charge in [-0.15, -0.1) is 0 Å². The van der Waals surface area contributed by atoms with Crippen LogP contribution in [0.4, 0.5) is 0 Å². The van der Waals surface area contributed by atoms with Crippen molar-refractivity contribution in [2.24, 2.45) is 12.8 Å². The van der Waals surface area contributed by atoms with E-state index in [-0.39, 0.29) is 11.5 Å². The van der Waals surface area contributed by atoms with Crippen LogP contribution in [0.3, 0.4) is 0 Å². The Morgan fingerprint density at radius 2 is 2.00 bits per heavy atom. The minimum absolute atomic E-state index is 0.163. The average Bonchev–Trinajstić information content (AvgIpc) is 2.70. The lowest BCUT2D eigenvalue weighted by Gasteiger charge is -2.32. The first-order chi connectivity index (χ1) is 13.4. The maximum absolute atomic E-state index is 12.6. The van der Waals surface area contributed by atoms with Gasteiger partial charge in [-0.05, 0) is 18.4 Å². The second-order valence-electron chi connectivity index (χ2n) is 7.49. The van der Waals surface area contributed by atoms with Crippen molar-refractivity contribution in [2.45, 2.75) is 50.1 Å². The predicted molar refractivity (Wildman–Crippen MR) is 106 cm³/mol. The summed E-state index contributed by atoms with van der Waals surface area (Å²) in [5.41, 5.74) is 7.73. The van der Waals surface area contributed by atoms with E-state index < -0.39 is 11.6 Å². The lowest BCUT2D eigenvalue weighted by Crippen LogP contribution is -2.57. The largest absolute Gasteiger partial charge is 0.338 e. The number of nitrogens with one attached hydrogen (secondary N) is 1. The van der Waals surface area contributed by atoms with Gasteiger partial charge in [0.05, 0.1) is 23.5 Å². The molecular weight excluding hydrogens is 354 g/mol. The van der Waals surface area contributed by atoms with Gasteiger partial charge in [-0.3, -0.25) is 9.59 Å². The molecule has 1 unspecified atom stereocenters.